The summed E-state index contributed by atoms with van der Waals surface area (Å²) in [5.74, 6) is -0.0141. The Hall–Kier alpha value is -1.36. The maximum Gasteiger partial charge on any atom is 0.273 e. The van der Waals surface area contributed by atoms with Crippen LogP contribution in [0.15, 0.2) is 36.5 Å². The van der Waals surface area contributed by atoms with Gasteiger partial charge in [-0.15, -0.1) is 24.8 Å². The van der Waals surface area contributed by atoms with E-state index in [0.29, 0.717) is 12.2 Å². The number of carbonyl (C=O) groups excluding carboxylic acids is 1. The van der Waals surface area contributed by atoms with E-state index >= 15 is 0 Å². The number of likely N-dealkylation sites (tertiary alicyclic amines) is 1. The molecule has 108 valence electrons. The van der Waals surface area contributed by atoms with Crippen molar-refractivity contribution >= 4 is 41.5 Å². The van der Waals surface area contributed by atoms with Gasteiger partial charge in [0.25, 0.3) is 5.91 Å². The first-order valence-electron chi connectivity index (χ1n) is 6.14. The smallest absolute Gasteiger partial charge is 0.273 e. The molecular weight excluding hydrogens is 297 g/mol. The highest BCUT2D eigenvalue weighted by Gasteiger charge is 2.26. The molecule has 0 unspecified atom stereocenters. The fourth-order valence-corrected chi connectivity index (χ4v) is 2.41. The molecule has 3 rings (SSSR count). The van der Waals surface area contributed by atoms with Gasteiger partial charge in [0, 0.05) is 30.7 Å². The molecule has 1 saturated heterocycles. The predicted molar refractivity (Wildman–Crippen MR) is 84.7 cm³/mol. The Morgan fingerprint density at radius 2 is 2.00 bits per heavy atom. The first-order valence-corrected chi connectivity index (χ1v) is 6.14. The maximum absolute atomic E-state index is 12.4. The molecule has 0 radical (unpaired) electrons. The molecule has 0 spiro atoms. The van der Waals surface area contributed by atoms with E-state index in [1.165, 1.54) is 0 Å². The third-order valence-corrected chi connectivity index (χ3v) is 3.39. The van der Waals surface area contributed by atoms with Crippen LogP contribution in [-0.4, -0.2) is 34.9 Å². The molecule has 1 atom stereocenters. The zero-order valence-electron chi connectivity index (χ0n) is 10.9. The molecule has 1 amide bonds. The quantitative estimate of drug-likeness (QED) is 0.878. The van der Waals surface area contributed by atoms with Crippen LogP contribution < -0.4 is 5.73 Å². The fraction of sp³-hybridized carbons (Fsp3) is 0.286. The Kier molecular flexibility index (Phi) is 5.74. The van der Waals surface area contributed by atoms with Crippen LogP contribution >= 0.6 is 24.8 Å². The minimum atomic E-state index is -0.0141. The third kappa shape index (κ3) is 3.03. The summed E-state index contributed by atoms with van der Waals surface area (Å²) in [6.45, 7) is 1.36. The Morgan fingerprint density at radius 1 is 1.25 bits per heavy atom. The topological polar surface area (TPSA) is 59.2 Å². The summed E-state index contributed by atoms with van der Waals surface area (Å²) in [4.78, 5) is 18.4. The van der Waals surface area contributed by atoms with Crippen molar-refractivity contribution < 1.29 is 4.79 Å². The van der Waals surface area contributed by atoms with Gasteiger partial charge >= 0.3 is 0 Å². The van der Waals surface area contributed by atoms with Crippen LogP contribution in [0.1, 0.15) is 16.9 Å². The number of hydrogen-bond donors (Lipinski definition) is 1. The number of benzene rings is 1. The van der Waals surface area contributed by atoms with Crippen molar-refractivity contribution in [1.82, 2.24) is 9.88 Å². The van der Waals surface area contributed by atoms with E-state index in [0.717, 1.165) is 23.7 Å². The minimum absolute atomic E-state index is 0. The monoisotopic (exact) mass is 313 g/mol. The van der Waals surface area contributed by atoms with Crippen LogP contribution in [-0.2, 0) is 0 Å². The van der Waals surface area contributed by atoms with E-state index in [9.17, 15) is 4.79 Å². The number of fused-ring (bicyclic) bond motifs is 1. The lowest BCUT2D eigenvalue weighted by molar-refractivity contribution is 0.0787. The molecule has 4 nitrogen and oxygen atoms in total. The largest absolute Gasteiger partial charge is 0.336 e. The van der Waals surface area contributed by atoms with Gasteiger partial charge in [-0.3, -0.25) is 9.78 Å². The SMILES string of the molecule is Cl.Cl.N[C@H]1CCN(C(=O)c2nccc3ccccc23)C1. The molecular formula is C14H17Cl2N3O. The van der Waals surface area contributed by atoms with E-state index in [1.54, 1.807) is 11.1 Å². The van der Waals surface area contributed by atoms with Gasteiger partial charge in [-0.1, -0.05) is 24.3 Å². The molecule has 0 saturated carbocycles. The molecule has 1 aliphatic heterocycles. The first-order chi connectivity index (χ1) is 8.75. The average Bonchev–Trinajstić information content (AvgIpc) is 2.84. The highest BCUT2D eigenvalue weighted by Crippen LogP contribution is 2.19. The predicted octanol–water partition coefficient (Wildman–Crippen LogP) is 2.25. The summed E-state index contributed by atoms with van der Waals surface area (Å²) in [6.07, 6.45) is 2.56. The van der Waals surface area contributed by atoms with Gasteiger partial charge in [-0.25, -0.2) is 0 Å². The number of hydrogen-bond acceptors (Lipinski definition) is 3. The first kappa shape index (κ1) is 16.7. The lowest BCUT2D eigenvalue weighted by Gasteiger charge is -2.16. The van der Waals surface area contributed by atoms with Crippen molar-refractivity contribution in [1.29, 1.82) is 0 Å². The standard InChI is InChI=1S/C14H15N3O.2ClH/c15-11-6-8-17(9-11)14(18)13-12-4-2-1-3-10(12)5-7-16-13;;/h1-5,7,11H,6,8-9,15H2;2*1H/t11-;;/m0../s1. The second-order valence-electron chi connectivity index (χ2n) is 4.68. The molecule has 0 aliphatic carbocycles. The number of nitrogens with zero attached hydrogens (tertiary/aromatic N) is 2. The molecule has 20 heavy (non-hydrogen) atoms. The van der Waals surface area contributed by atoms with Crippen molar-refractivity contribution in [2.45, 2.75) is 12.5 Å². The molecule has 6 heteroatoms. The zero-order chi connectivity index (χ0) is 12.5. The number of carbonyl (C=O) groups is 1. The normalized spacial score (nSPS) is 17.4. The van der Waals surface area contributed by atoms with Gasteiger partial charge in [0.1, 0.15) is 5.69 Å². The van der Waals surface area contributed by atoms with Gasteiger partial charge in [0.05, 0.1) is 0 Å². The van der Waals surface area contributed by atoms with Crippen molar-refractivity contribution in [3.05, 3.63) is 42.2 Å². The van der Waals surface area contributed by atoms with Gasteiger partial charge in [-0.05, 0) is 17.9 Å². The Morgan fingerprint density at radius 3 is 2.70 bits per heavy atom. The molecule has 1 aromatic carbocycles. The lowest BCUT2D eigenvalue weighted by atomic mass is 10.1. The van der Waals surface area contributed by atoms with Crippen molar-refractivity contribution in [3.8, 4) is 0 Å². The van der Waals surface area contributed by atoms with Gasteiger partial charge in [0.15, 0.2) is 0 Å². The van der Waals surface area contributed by atoms with Gasteiger partial charge < -0.3 is 10.6 Å². The summed E-state index contributed by atoms with van der Waals surface area (Å²) in [7, 11) is 0. The molecule has 1 fully saturated rings. The van der Waals surface area contributed by atoms with Gasteiger partial charge in [-0.2, -0.15) is 0 Å². The number of aromatic nitrogens is 1. The molecule has 2 N–H and O–H groups in total. The van der Waals surface area contributed by atoms with Crippen LogP contribution in [0.4, 0.5) is 0 Å². The second-order valence-corrected chi connectivity index (χ2v) is 4.68. The summed E-state index contributed by atoms with van der Waals surface area (Å²) < 4.78 is 0. The number of rotatable bonds is 1. The van der Waals surface area contributed by atoms with Crippen molar-refractivity contribution in [2.75, 3.05) is 13.1 Å². The molecule has 2 aromatic rings. The average molecular weight is 314 g/mol. The van der Waals surface area contributed by atoms with Crippen molar-refractivity contribution in [2.24, 2.45) is 5.73 Å². The van der Waals surface area contributed by atoms with Gasteiger partial charge in [0.2, 0.25) is 0 Å². The minimum Gasteiger partial charge on any atom is -0.336 e. The molecule has 1 aliphatic rings. The molecule has 2 heterocycles. The maximum atomic E-state index is 12.4. The van der Waals surface area contributed by atoms with Crippen LogP contribution in [0.5, 0.6) is 0 Å². The van der Waals surface area contributed by atoms with Crippen LogP contribution in [0, 0.1) is 0 Å². The Bertz CT molecular complexity index is 600. The van der Waals surface area contributed by atoms with E-state index < -0.39 is 0 Å². The summed E-state index contributed by atoms with van der Waals surface area (Å²) in [5.41, 5.74) is 6.37. The van der Waals surface area contributed by atoms with E-state index in [2.05, 4.69) is 4.98 Å². The number of amides is 1. The zero-order valence-corrected chi connectivity index (χ0v) is 12.5. The highest BCUT2D eigenvalue weighted by atomic mass is 35.5. The Balaban J connectivity index is 0.000001000. The summed E-state index contributed by atoms with van der Waals surface area (Å²) >= 11 is 0. The fourth-order valence-electron chi connectivity index (χ4n) is 2.41. The third-order valence-electron chi connectivity index (χ3n) is 3.39. The Labute approximate surface area is 130 Å². The van der Waals surface area contributed by atoms with E-state index in [1.807, 2.05) is 30.3 Å². The number of halogens is 2. The van der Waals surface area contributed by atoms with Crippen molar-refractivity contribution in [3.63, 3.8) is 0 Å². The van der Waals surface area contributed by atoms with Crippen LogP contribution in [0.3, 0.4) is 0 Å². The number of pyridine rings is 1. The van der Waals surface area contributed by atoms with E-state index in [4.69, 9.17) is 5.73 Å². The lowest BCUT2D eigenvalue weighted by Crippen LogP contribution is -2.32. The molecule has 1 aromatic heterocycles. The van der Waals surface area contributed by atoms with Crippen LogP contribution in [0.25, 0.3) is 10.8 Å². The summed E-state index contributed by atoms with van der Waals surface area (Å²) in [6, 6.07) is 9.83. The summed E-state index contributed by atoms with van der Waals surface area (Å²) in [5, 5.41) is 1.95. The number of nitrogens with two attached hydrogens (primary N) is 1. The van der Waals surface area contributed by atoms with Crippen LogP contribution in [0.2, 0.25) is 0 Å². The van der Waals surface area contributed by atoms with E-state index in [-0.39, 0.29) is 36.8 Å². The second kappa shape index (κ2) is 6.88. The molecule has 0 bridgehead atoms. The highest BCUT2D eigenvalue weighted by molar-refractivity contribution is 6.05.